The average molecular weight is 639 g/mol. The molecule has 45 heavy (non-hydrogen) atoms. The number of esters is 1. The third-order valence-corrected chi connectivity index (χ3v) is 7.01. The molecular formula is C28H24F2N8O6S. The number of nitrogens with one attached hydrogen (secondary N) is 1. The van der Waals surface area contributed by atoms with Crippen LogP contribution in [-0.4, -0.2) is 79.7 Å². The fourth-order valence-electron chi connectivity index (χ4n) is 4.02. The van der Waals surface area contributed by atoms with Crippen molar-refractivity contribution in [1.82, 2.24) is 25.1 Å². The molecule has 0 aliphatic carbocycles. The van der Waals surface area contributed by atoms with Crippen molar-refractivity contribution in [3.05, 3.63) is 71.1 Å². The smallest absolute Gasteiger partial charge is 0.364 e. The van der Waals surface area contributed by atoms with Gasteiger partial charge in [-0.15, -0.1) is 10.2 Å². The predicted molar refractivity (Wildman–Crippen MR) is 155 cm³/mol. The number of benzene rings is 2. The van der Waals surface area contributed by atoms with E-state index >= 15 is 4.39 Å². The second-order valence-electron chi connectivity index (χ2n) is 9.23. The van der Waals surface area contributed by atoms with Crippen LogP contribution in [0.25, 0.3) is 0 Å². The lowest BCUT2D eigenvalue weighted by Crippen LogP contribution is -2.24. The van der Waals surface area contributed by atoms with Gasteiger partial charge in [-0.25, -0.2) is 14.2 Å². The van der Waals surface area contributed by atoms with Crippen LogP contribution in [0, 0.1) is 17.0 Å². The van der Waals surface area contributed by atoms with E-state index in [0.717, 1.165) is 11.8 Å². The van der Waals surface area contributed by atoms with Crippen molar-refractivity contribution in [3.8, 4) is 34.8 Å². The zero-order valence-electron chi connectivity index (χ0n) is 23.6. The van der Waals surface area contributed by atoms with Crippen molar-refractivity contribution >= 4 is 29.4 Å². The minimum absolute atomic E-state index is 0.00647. The molecule has 2 aromatic carbocycles. The Kier molecular flexibility index (Phi) is 8.89. The SMILES string of the molecule is CCOC(=O)c1nnc(Sc2ccc(Oc3c(F)cnc(Oc4cc(C(=N)N)ccc4O)c3F)c(C3=NCCN3C)c2)nc1O. The zero-order chi connectivity index (χ0) is 32.2. The molecule has 0 unspecified atom stereocenters. The van der Waals surface area contributed by atoms with Gasteiger partial charge in [-0.05, 0) is 55.1 Å². The summed E-state index contributed by atoms with van der Waals surface area (Å²) in [5.41, 5.74) is 5.61. The van der Waals surface area contributed by atoms with Gasteiger partial charge in [0.25, 0.3) is 5.88 Å². The number of phenols is 1. The molecule has 0 radical (unpaired) electrons. The summed E-state index contributed by atoms with van der Waals surface area (Å²) in [5, 5.41) is 35.5. The minimum Gasteiger partial charge on any atom is -0.504 e. The van der Waals surface area contributed by atoms with Gasteiger partial charge in [-0.3, -0.25) is 10.4 Å². The first-order valence-corrected chi connectivity index (χ1v) is 13.9. The lowest BCUT2D eigenvalue weighted by Gasteiger charge is -2.19. The Balaban J connectivity index is 1.47. The number of aromatic nitrogens is 4. The predicted octanol–water partition coefficient (Wildman–Crippen LogP) is 3.84. The maximum Gasteiger partial charge on any atom is 0.364 e. The van der Waals surface area contributed by atoms with E-state index in [1.807, 2.05) is 4.90 Å². The molecule has 0 saturated heterocycles. The maximum absolute atomic E-state index is 15.6. The first-order valence-electron chi connectivity index (χ1n) is 13.1. The molecule has 0 fully saturated rings. The van der Waals surface area contributed by atoms with E-state index in [4.69, 9.17) is 25.4 Å². The van der Waals surface area contributed by atoms with Crippen molar-refractivity contribution in [2.45, 2.75) is 17.0 Å². The summed E-state index contributed by atoms with van der Waals surface area (Å²) in [4.78, 5) is 26.3. The van der Waals surface area contributed by atoms with Crippen LogP contribution in [0.1, 0.15) is 28.5 Å². The van der Waals surface area contributed by atoms with Gasteiger partial charge in [0.1, 0.15) is 17.4 Å². The normalized spacial score (nSPS) is 12.5. The number of aromatic hydroxyl groups is 2. The Labute approximate surface area is 258 Å². The van der Waals surface area contributed by atoms with Crippen molar-refractivity contribution in [1.29, 1.82) is 5.41 Å². The van der Waals surface area contributed by atoms with Gasteiger partial charge in [-0.2, -0.15) is 9.37 Å². The second-order valence-corrected chi connectivity index (χ2v) is 10.3. The molecule has 1 aliphatic heterocycles. The van der Waals surface area contributed by atoms with Gasteiger partial charge in [-0.1, -0.05) is 0 Å². The van der Waals surface area contributed by atoms with Crippen LogP contribution in [0.5, 0.6) is 34.8 Å². The van der Waals surface area contributed by atoms with E-state index in [1.54, 1.807) is 26.1 Å². The maximum atomic E-state index is 15.6. The number of hydrogen-bond acceptors (Lipinski definition) is 14. The first-order chi connectivity index (χ1) is 21.5. The summed E-state index contributed by atoms with van der Waals surface area (Å²) in [7, 11) is 1.79. The van der Waals surface area contributed by atoms with E-state index in [9.17, 15) is 19.4 Å². The highest BCUT2D eigenvalue weighted by atomic mass is 32.2. The molecule has 2 aromatic heterocycles. The summed E-state index contributed by atoms with van der Waals surface area (Å²) < 4.78 is 46.5. The molecule has 0 saturated carbocycles. The fourth-order valence-corrected chi connectivity index (χ4v) is 4.76. The fraction of sp³-hybridized carbons (Fsp3) is 0.179. The van der Waals surface area contributed by atoms with Gasteiger partial charge in [0, 0.05) is 24.1 Å². The van der Waals surface area contributed by atoms with Crippen molar-refractivity contribution in [2.75, 3.05) is 26.7 Å². The molecule has 17 heteroatoms. The lowest BCUT2D eigenvalue weighted by molar-refractivity contribution is 0.0512. The molecule has 0 amide bonds. The Morgan fingerprint density at radius 1 is 1.13 bits per heavy atom. The van der Waals surface area contributed by atoms with Crippen LogP contribution in [0.4, 0.5) is 8.78 Å². The number of hydrogen-bond donors (Lipinski definition) is 4. The third kappa shape index (κ3) is 6.67. The molecule has 3 heterocycles. The number of carbonyl (C=O) groups is 1. The van der Waals surface area contributed by atoms with E-state index in [-0.39, 0.29) is 34.7 Å². The first kappa shape index (κ1) is 30.9. The summed E-state index contributed by atoms with van der Waals surface area (Å²) in [6, 6.07) is 8.40. The number of nitrogens with two attached hydrogens (primary N) is 1. The number of carbonyl (C=O) groups excluding carboxylic acids is 1. The molecule has 4 aromatic rings. The summed E-state index contributed by atoms with van der Waals surface area (Å²) in [5.74, 6) is -5.99. The number of nitrogen functional groups attached to an aromatic ring is 1. The number of nitrogens with zero attached hydrogens (tertiary/aromatic N) is 6. The van der Waals surface area contributed by atoms with Crippen molar-refractivity contribution < 1.29 is 38.0 Å². The van der Waals surface area contributed by atoms with Gasteiger partial charge >= 0.3 is 5.97 Å². The number of phenolic OH excluding ortho intramolecular Hbond substituents is 1. The molecule has 232 valence electrons. The topological polar surface area (TPSA) is 202 Å². The highest BCUT2D eigenvalue weighted by Gasteiger charge is 2.25. The van der Waals surface area contributed by atoms with E-state index in [0.29, 0.717) is 35.6 Å². The molecule has 14 nitrogen and oxygen atoms in total. The van der Waals surface area contributed by atoms with Crippen LogP contribution in [-0.2, 0) is 4.74 Å². The monoisotopic (exact) mass is 638 g/mol. The second kappa shape index (κ2) is 13.0. The molecule has 0 bridgehead atoms. The lowest BCUT2D eigenvalue weighted by atomic mass is 10.1. The van der Waals surface area contributed by atoms with Crippen LogP contribution >= 0.6 is 11.8 Å². The number of ether oxygens (including phenoxy) is 3. The van der Waals surface area contributed by atoms with Gasteiger partial charge in [0.15, 0.2) is 17.3 Å². The highest BCUT2D eigenvalue weighted by molar-refractivity contribution is 7.99. The Hall–Kier alpha value is -5.58. The number of likely N-dealkylation sites (N-methyl/N-ethyl adjacent to an activating group) is 1. The van der Waals surface area contributed by atoms with Crippen LogP contribution in [0.2, 0.25) is 0 Å². The molecule has 0 atom stereocenters. The van der Waals surface area contributed by atoms with Crippen molar-refractivity contribution in [3.63, 3.8) is 0 Å². The van der Waals surface area contributed by atoms with E-state index < -0.39 is 46.6 Å². The zero-order valence-corrected chi connectivity index (χ0v) is 24.4. The number of aliphatic imine (C=N–C) groups is 1. The standard InChI is InChI=1S/C28H24F2N8O6S/c1-3-42-27(41)21-25(40)35-28(37-36-21)45-14-5-7-18(15(11-14)24-33-8-9-38(24)2)43-22-16(29)12-34-26(20(22)30)44-19-10-13(23(31)32)4-6-17(19)39/h4-7,10-12,39H,3,8-9H2,1-2H3,(H3,31,32)(H,35,37,40). The number of pyridine rings is 1. The Bertz CT molecular complexity index is 1840. The van der Waals surface area contributed by atoms with Crippen LogP contribution in [0.3, 0.4) is 0 Å². The van der Waals surface area contributed by atoms with E-state index in [1.165, 1.54) is 24.3 Å². The molecular weight excluding hydrogens is 614 g/mol. The van der Waals surface area contributed by atoms with Gasteiger partial charge in [0.05, 0.1) is 24.9 Å². The minimum atomic E-state index is -1.30. The quantitative estimate of drug-likeness (QED) is 0.111. The number of halogens is 2. The Morgan fingerprint density at radius 2 is 1.93 bits per heavy atom. The van der Waals surface area contributed by atoms with Gasteiger partial charge in [0.2, 0.25) is 28.3 Å². The van der Waals surface area contributed by atoms with E-state index in [2.05, 4.69) is 25.2 Å². The van der Waals surface area contributed by atoms with Crippen molar-refractivity contribution in [2.24, 2.45) is 10.7 Å². The number of rotatable bonds is 10. The highest BCUT2D eigenvalue weighted by Crippen LogP contribution is 2.39. The molecule has 5 rings (SSSR count). The van der Waals surface area contributed by atoms with Crippen LogP contribution in [0.15, 0.2) is 57.6 Å². The molecule has 1 aliphatic rings. The molecule has 0 spiro atoms. The van der Waals surface area contributed by atoms with Gasteiger partial charge < -0.3 is 35.1 Å². The van der Waals surface area contributed by atoms with Crippen LogP contribution < -0.4 is 15.2 Å². The summed E-state index contributed by atoms with van der Waals surface area (Å²) in [6.45, 7) is 2.73. The third-order valence-electron chi connectivity index (χ3n) is 6.17. The average Bonchev–Trinajstić information content (AvgIpc) is 3.43. The largest absolute Gasteiger partial charge is 0.504 e. The summed E-state index contributed by atoms with van der Waals surface area (Å²) >= 11 is 0.987. The Morgan fingerprint density at radius 3 is 2.62 bits per heavy atom. The summed E-state index contributed by atoms with van der Waals surface area (Å²) in [6.07, 6.45) is 0.694. The number of amidine groups is 2. The molecule has 5 N–H and O–H groups in total.